The molecule has 3 aromatic rings. The van der Waals surface area contributed by atoms with Crippen molar-refractivity contribution in [3.63, 3.8) is 0 Å². The molecule has 0 spiro atoms. The van der Waals surface area contributed by atoms with Crippen molar-refractivity contribution in [2.45, 2.75) is 76.1 Å². The number of rotatable bonds is 6. The van der Waals surface area contributed by atoms with Gasteiger partial charge in [0.05, 0.1) is 0 Å². The van der Waals surface area contributed by atoms with Gasteiger partial charge in [0.15, 0.2) is 0 Å². The van der Waals surface area contributed by atoms with Crippen LogP contribution in [0.4, 0.5) is 13.2 Å². The van der Waals surface area contributed by atoms with Crippen LogP contribution in [0.15, 0.2) is 53.4 Å². The summed E-state index contributed by atoms with van der Waals surface area (Å²) >= 11 is 3.13. The van der Waals surface area contributed by atoms with E-state index in [0.717, 1.165) is 25.8 Å². The molecule has 0 nitrogen and oxygen atoms in total. The van der Waals surface area contributed by atoms with Gasteiger partial charge in [0, 0.05) is 26.3 Å². The van der Waals surface area contributed by atoms with Crippen LogP contribution >= 0.6 is 23.1 Å². The molecule has 0 bridgehead atoms. The summed E-state index contributed by atoms with van der Waals surface area (Å²) in [6, 6.07) is 16.9. The van der Waals surface area contributed by atoms with Crippen LogP contribution in [0.2, 0.25) is 0 Å². The minimum Gasteiger partial charge on any atom is -0.171 e. The highest BCUT2D eigenvalue weighted by molar-refractivity contribution is 7.99. The molecule has 0 amide bonds. The molecule has 0 N–H and O–H groups in total. The van der Waals surface area contributed by atoms with Gasteiger partial charge in [0.1, 0.15) is 0 Å². The van der Waals surface area contributed by atoms with Crippen molar-refractivity contribution in [1.82, 2.24) is 0 Å². The van der Waals surface area contributed by atoms with Crippen molar-refractivity contribution in [2.24, 2.45) is 0 Å². The third kappa shape index (κ3) is 6.41. The molecule has 0 aliphatic carbocycles. The van der Waals surface area contributed by atoms with E-state index in [2.05, 4.69) is 71.0 Å². The average molecular weight is 477 g/mol. The number of aryl methyl sites for hydroxylation is 3. The second-order valence-electron chi connectivity index (χ2n) is 9.47. The third-order valence-corrected chi connectivity index (χ3v) is 8.14. The Morgan fingerprint density at radius 3 is 1.94 bits per heavy atom. The number of thioether (sulfide) groups is 1. The Kier molecular flexibility index (Phi) is 7.51. The summed E-state index contributed by atoms with van der Waals surface area (Å²) in [4.78, 5) is 3.15. The maximum atomic E-state index is 12.9. The number of benzene rings is 2. The molecule has 0 saturated carbocycles. The van der Waals surface area contributed by atoms with Gasteiger partial charge in [0.25, 0.3) is 0 Å². The Balaban J connectivity index is 1.88. The van der Waals surface area contributed by atoms with Crippen LogP contribution < -0.4 is 0 Å². The van der Waals surface area contributed by atoms with Crippen LogP contribution in [0.5, 0.6) is 0 Å². The normalized spacial score (nSPS) is 13.4. The fourth-order valence-electron chi connectivity index (χ4n) is 3.93. The van der Waals surface area contributed by atoms with Crippen LogP contribution in [-0.2, 0) is 5.41 Å². The molecule has 1 unspecified atom stereocenters. The molecular formula is C27H31F3S2. The molecule has 0 aliphatic rings. The van der Waals surface area contributed by atoms with Gasteiger partial charge in [-0.2, -0.15) is 13.2 Å². The predicted octanol–water partition coefficient (Wildman–Crippen LogP) is 9.81. The molecule has 32 heavy (non-hydrogen) atoms. The quantitative estimate of drug-likeness (QED) is 0.319. The van der Waals surface area contributed by atoms with Crippen molar-refractivity contribution in [1.29, 1.82) is 0 Å². The number of hydrogen-bond acceptors (Lipinski definition) is 2. The van der Waals surface area contributed by atoms with Gasteiger partial charge in [-0.3, -0.25) is 0 Å². The zero-order chi connectivity index (χ0) is 23.7. The molecule has 2 aromatic carbocycles. The molecule has 0 saturated heterocycles. The molecule has 0 aliphatic heterocycles. The van der Waals surface area contributed by atoms with E-state index in [9.17, 15) is 13.2 Å². The number of halogens is 3. The zero-order valence-electron chi connectivity index (χ0n) is 19.6. The van der Waals surface area contributed by atoms with Crippen molar-refractivity contribution in [3.8, 4) is 11.1 Å². The number of hydrogen-bond donors (Lipinski definition) is 0. The molecular weight excluding hydrogens is 445 g/mol. The van der Waals surface area contributed by atoms with E-state index in [4.69, 9.17) is 0 Å². The van der Waals surface area contributed by atoms with Gasteiger partial charge in [-0.25, -0.2) is 0 Å². The van der Waals surface area contributed by atoms with Gasteiger partial charge >= 0.3 is 6.18 Å². The van der Waals surface area contributed by atoms with E-state index in [1.807, 2.05) is 19.1 Å². The van der Waals surface area contributed by atoms with E-state index in [1.54, 1.807) is 23.1 Å². The predicted molar refractivity (Wildman–Crippen MR) is 133 cm³/mol. The Morgan fingerprint density at radius 1 is 0.875 bits per heavy atom. The second kappa shape index (κ2) is 9.64. The maximum Gasteiger partial charge on any atom is 0.389 e. The van der Waals surface area contributed by atoms with Gasteiger partial charge in [-0.1, -0.05) is 45.0 Å². The molecule has 1 heterocycles. The minimum absolute atomic E-state index is 0.0855. The summed E-state index contributed by atoms with van der Waals surface area (Å²) in [5, 5.41) is -0.203. The summed E-state index contributed by atoms with van der Waals surface area (Å²) in [6.45, 7) is 12.8. The van der Waals surface area contributed by atoms with Gasteiger partial charge in [-0.15, -0.1) is 23.1 Å². The SMILES string of the molecule is Cc1ccc(C(CCC(F)(F)F)Sc2cc(C)c(-c3ccc(C(C)(C)C)cc3)c(C)c2)s1. The van der Waals surface area contributed by atoms with Gasteiger partial charge in [-0.05, 0) is 84.7 Å². The second-order valence-corrected chi connectivity index (χ2v) is 12.1. The first-order valence-corrected chi connectivity index (χ1v) is 12.5. The van der Waals surface area contributed by atoms with Gasteiger partial charge < -0.3 is 0 Å². The minimum atomic E-state index is -4.14. The largest absolute Gasteiger partial charge is 0.389 e. The lowest BCUT2D eigenvalue weighted by Crippen LogP contribution is -2.10. The highest BCUT2D eigenvalue weighted by atomic mass is 32.2. The van der Waals surface area contributed by atoms with E-state index in [0.29, 0.717) is 0 Å². The van der Waals surface area contributed by atoms with E-state index in [-0.39, 0.29) is 17.1 Å². The smallest absolute Gasteiger partial charge is 0.171 e. The molecule has 3 rings (SSSR count). The van der Waals surface area contributed by atoms with Crippen LogP contribution in [0.3, 0.4) is 0 Å². The van der Waals surface area contributed by atoms with Gasteiger partial charge in [0.2, 0.25) is 0 Å². The highest BCUT2D eigenvalue weighted by Crippen LogP contribution is 2.44. The Hall–Kier alpha value is -1.72. The van der Waals surface area contributed by atoms with Crippen LogP contribution in [0.25, 0.3) is 11.1 Å². The average Bonchev–Trinajstić information content (AvgIpc) is 3.10. The summed E-state index contributed by atoms with van der Waals surface area (Å²) in [6.07, 6.45) is -4.82. The lowest BCUT2D eigenvalue weighted by molar-refractivity contribution is -0.135. The summed E-state index contributed by atoms with van der Waals surface area (Å²) in [7, 11) is 0. The van der Waals surface area contributed by atoms with Crippen LogP contribution in [0, 0.1) is 20.8 Å². The van der Waals surface area contributed by atoms with E-state index >= 15 is 0 Å². The lowest BCUT2D eigenvalue weighted by atomic mass is 9.85. The molecule has 1 aromatic heterocycles. The van der Waals surface area contributed by atoms with Crippen molar-refractivity contribution < 1.29 is 13.2 Å². The lowest BCUT2D eigenvalue weighted by Gasteiger charge is -2.21. The topological polar surface area (TPSA) is 0 Å². The van der Waals surface area contributed by atoms with E-state index < -0.39 is 12.6 Å². The van der Waals surface area contributed by atoms with Crippen molar-refractivity contribution >= 4 is 23.1 Å². The molecule has 5 heteroatoms. The first-order chi connectivity index (χ1) is 14.8. The summed E-state index contributed by atoms with van der Waals surface area (Å²) in [5.41, 5.74) is 6.07. The first kappa shape index (κ1) is 24.9. The van der Waals surface area contributed by atoms with Crippen molar-refractivity contribution in [3.05, 3.63) is 75.0 Å². The Labute approximate surface area is 198 Å². The summed E-state index contributed by atoms with van der Waals surface area (Å²) < 4.78 is 38.8. The monoisotopic (exact) mass is 476 g/mol. The van der Waals surface area contributed by atoms with Crippen molar-refractivity contribution in [2.75, 3.05) is 0 Å². The fraction of sp³-hybridized carbons (Fsp3) is 0.407. The zero-order valence-corrected chi connectivity index (χ0v) is 21.2. The Bertz CT molecular complexity index is 1030. The first-order valence-electron chi connectivity index (χ1n) is 10.9. The molecule has 172 valence electrons. The molecule has 0 fully saturated rings. The summed E-state index contributed by atoms with van der Waals surface area (Å²) in [5.74, 6) is 0. The number of thiophene rings is 1. The highest BCUT2D eigenvalue weighted by Gasteiger charge is 2.29. The Morgan fingerprint density at radius 2 is 1.47 bits per heavy atom. The van der Waals surface area contributed by atoms with E-state index in [1.165, 1.54) is 16.7 Å². The molecule has 1 atom stereocenters. The van der Waals surface area contributed by atoms with Crippen LogP contribution in [-0.4, -0.2) is 6.18 Å². The standard InChI is InChI=1S/C27H31F3S2/c1-17-15-22(32-24(13-14-27(28,29)30)23-12-7-19(3)31-23)16-18(2)25(17)20-8-10-21(11-9-20)26(4,5)6/h7-12,15-16,24H,13-14H2,1-6H3. The van der Waals surface area contributed by atoms with Crippen LogP contribution in [0.1, 0.15) is 65.3 Å². The molecule has 0 radical (unpaired) electrons. The maximum absolute atomic E-state index is 12.9. The fourth-order valence-corrected chi connectivity index (χ4v) is 6.36. The number of alkyl halides is 3. The third-order valence-electron chi connectivity index (χ3n) is 5.59.